The van der Waals surface area contributed by atoms with Crippen LogP contribution in [0.2, 0.25) is 11.1 Å². The first-order valence-electron chi connectivity index (χ1n) is 13.0. The minimum atomic E-state index is -0.764. The van der Waals surface area contributed by atoms with E-state index in [1.54, 1.807) is 5.57 Å². The van der Waals surface area contributed by atoms with Crippen molar-refractivity contribution >= 4 is 9.04 Å². The lowest BCUT2D eigenvalue weighted by Gasteiger charge is -2.58. The van der Waals surface area contributed by atoms with Crippen LogP contribution in [0.1, 0.15) is 99.8 Å². The van der Waals surface area contributed by atoms with E-state index in [0.717, 1.165) is 36.5 Å². The van der Waals surface area contributed by atoms with Gasteiger partial charge in [-0.3, -0.25) is 0 Å². The van der Waals surface area contributed by atoms with Gasteiger partial charge in [-0.15, -0.1) is 0 Å². The monoisotopic (exact) mass is 431 g/mol. The van der Waals surface area contributed by atoms with Crippen LogP contribution in [0.25, 0.3) is 0 Å². The van der Waals surface area contributed by atoms with Crippen molar-refractivity contribution in [3.05, 3.63) is 11.6 Å². The van der Waals surface area contributed by atoms with Crippen molar-refractivity contribution in [2.45, 2.75) is 123 Å². The number of allylic oxidation sites excluding steroid dienone is 1. The third kappa shape index (κ3) is 3.69. The molecule has 0 spiro atoms. The third-order valence-corrected chi connectivity index (χ3v) is 13.1. The molecule has 4 aliphatic carbocycles. The van der Waals surface area contributed by atoms with Gasteiger partial charge in [0.15, 0.2) is 0 Å². The molecule has 0 bridgehead atoms. The van der Waals surface area contributed by atoms with E-state index in [4.69, 9.17) is 4.43 Å². The molecule has 0 aromatic heterocycles. The van der Waals surface area contributed by atoms with Crippen LogP contribution in [0.4, 0.5) is 0 Å². The normalized spacial score (nSPS) is 44.3. The zero-order valence-electron chi connectivity index (χ0n) is 20.7. The minimum Gasteiger partial charge on any atom is -0.393 e. The van der Waals surface area contributed by atoms with E-state index in [0.29, 0.717) is 28.0 Å². The molecular weight excluding hydrogens is 384 g/mol. The van der Waals surface area contributed by atoms with E-state index in [-0.39, 0.29) is 6.10 Å². The highest BCUT2D eigenvalue weighted by Gasteiger charge is 2.60. The fourth-order valence-electron chi connectivity index (χ4n) is 8.69. The Kier molecular flexibility index (Phi) is 6.41. The quantitative estimate of drug-likeness (QED) is 0.370. The summed E-state index contributed by atoms with van der Waals surface area (Å²) in [4.78, 5) is 0. The fourth-order valence-corrected chi connectivity index (χ4v) is 11.2. The smallest absolute Gasteiger partial charge is 0.393 e. The first-order valence-corrected chi connectivity index (χ1v) is 14.5. The van der Waals surface area contributed by atoms with Crippen LogP contribution in [0.3, 0.4) is 0 Å². The van der Waals surface area contributed by atoms with Crippen LogP contribution in [0, 0.1) is 34.5 Å². The number of hydrogen-bond acceptors (Lipinski definition) is 2. The van der Waals surface area contributed by atoms with Crippen LogP contribution < -0.4 is 0 Å². The zero-order chi connectivity index (χ0) is 21.8. The molecule has 2 nitrogen and oxygen atoms in total. The first kappa shape index (κ1) is 23.0. The summed E-state index contributed by atoms with van der Waals surface area (Å²) >= 11 is 0. The number of aliphatic hydroxyl groups is 1. The molecule has 4 aliphatic rings. The molecule has 0 aliphatic heterocycles. The van der Waals surface area contributed by atoms with E-state index in [2.05, 4.69) is 54.5 Å². The topological polar surface area (TPSA) is 29.5 Å². The van der Waals surface area contributed by atoms with Gasteiger partial charge in [0.05, 0.1) is 23.3 Å². The molecule has 3 saturated carbocycles. The average Bonchev–Trinajstić information content (AvgIpc) is 3.03. The molecule has 0 saturated heterocycles. The van der Waals surface area contributed by atoms with Crippen LogP contribution in [0.5, 0.6) is 0 Å². The van der Waals surface area contributed by atoms with E-state index >= 15 is 0 Å². The Balaban J connectivity index is 1.53. The van der Waals surface area contributed by atoms with Gasteiger partial charge in [0.1, 0.15) is 0 Å². The van der Waals surface area contributed by atoms with Crippen LogP contribution in [-0.4, -0.2) is 26.4 Å². The highest BCUT2D eigenvalue weighted by Crippen LogP contribution is 2.66. The second kappa shape index (κ2) is 8.34. The second-order valence-electron chi connectivity index (χ2n) is 12.4. The predicted molar refractivity (Wildman–Crippen MR) is 128 cm³/mol. The van der Waals surface area contributed by atoms with Crippen molar-refractivity contribution in [1.82, 2.24) is 0 Å². The van der Waals surface area contributed by atoms with Crippen LogP contribution >= 0.6 is 0 Å². The summed E-state index contributed by atoms with van der Waals surface area (Å²) in [7, 11) is -0.764. The van der Waals surface area contributed by atoms with Crippen molar-refractivity contribution < 1.29 is 9.53 Å². The molecule has 0 amide bonds. The maximum atomic E-state index is 10.2. The molecule has 170 valence electrons. The maximum absolute atomic E-state index is 10.2. The fraction of sp³-hybridized carbons (Fsp3) is 0.926. The summed E-state index contributed by atoms with van der Waals surface area (Å²) in [6.45, 7) is 17.0. The molecule has 0 aromatic carbocycles. The van der Waals surface area contributed by atoms with Gasteiger partial charge in [-0.1, -0.05) is 25.5 Å². The van der Waals surface area contributed by atoms with Crippen molar-refractivity contribution in [1.29, 1.82) is 0 Å². The summed E-state index contributed by atoms with van der Waals surface area (Å²) in [5, 5.41) is 10.2. The lowest BCUT2D eigenvalue weighted by molar-refractivity contribution is -0.0650. The highest BCUT2D eigenvalue weighted by molar-refractivity contribution is 6.55. The largest absolute Gasteiger partial charge is 0.478 e. The predicted octanol–water partition coefficient (Wildman–Crippen LogP) is 7.14. The summed E-state index contributed by atoms with van der Waals surface area (Å²) < 4.78 is 6.89. The summed E-state index contributed by atoms with van der Waals surface area (Å²) in [5.74, 6) is 3.28. The minimum absolute atomic E-state index is 0.0958. The SMILES string of the molecule is CC(C)[Si+](O[C@H](C)[C@H]1CC[C@H]2[C@@H]3CC=C4C[C@@H](O)CC[C@]4(C)[C@H]3CC[C@]12C)C(C)C. The molecule has 0 aromatic rings. The van der Waals surface area contributed by atoms with Gasteiger partial charge in [0.2, 0.25) is 0 Å². The summed E-state index contributed by atoms with van der Waals surface area (Å²) in [6.07, 6.45) is 12.8. The maximum Gasteiger partial charge on any atom is 0.478 e. The lowest BCUT2D eigenvalue weighted by atomic mass is 9.47. The van der Waals surface area contributed by atoms with Crippen LogP contribution in [0.15, 0.2) is 11.6 Å². The van der Waals surface area contributed by atoms with E-state index in [1.807, 2.05) is 0 Å². The van der Waals surface area contributed by atoms with Gasteiger partial charge in [-0.25, -0.2) is 4.43 Å². The zero-order valence-corrected chi connectivity index (χ0v) is 21.7. The standard InChI is InChI=1S/C27H47O2Si/c1-17(2)30(18(3)4)29-19(5)23-10-11-24-22-9-8-20-16-21(28)12-14-26(20,6)25(22)13-15-27(23,24)7/h8,17-19,21-25,28H,9-16H2,1-7H3/q+1/t19-,21+,22+,23-,24+,25+,26+,27-/m1/s1. The Morgan fingerprint density at radius 2 is 1.67 bits per heavy atom. The van der Waals surface area contributed by atoms with Gasteiger partial charge < -0.3 is 5.11 Å². The van der Waals surface area contributed by atoms with Crippen LogP contribution in [-0.2, 0) is 4.43 Å². The van der Waals surface area contributed by atoms with Gasteiger partial charge >= 0.3 is 9.04 Å². The molecular formula is C27H47O2Si+. The van der Waals surface area contributed by atoms with Gasteiger partial charge in [0.25, 0.3) is 0 Å². The van der Waals surface area contributed by atoms with Crippen molar-refractivity contribution in [2.75, 3.05) is 0 Å². The Bertz CT molecular complexity index is 649. The van der Waals surface area contributed by atoms with Gasteiger partial charge in [0, 0.05) is 0 Å². The number of aliphatic hydroxyl groups excluding tert-OH is 1. The number of hydrogen-bond donors (Lipinski definition) is 1. The Labute approximate surface area is 188 Å². The Morgan fingerprint density at radius 1 is 0.967 bits per heavy atom. The lowest BCUT2D eigenvalue weighted by Crippen LogP contribution is -2.51. The second-order valence-corrected chi connectivity index (χ2v) is 15.8. The van der Waals surface area contributed by atoms with E-state index in [1.165, 1.54) is 38.5 Å². The summed E-state index contributed by atoms with van der Waals surface area (Å²) in [5.41, 5.74) is 3.77. The Hall–Kier alpha value is -0.123. The number of rotatable bonds is 5. The highest BCUT2D eigenvalue weighted by atomic mass is 28.3. The molecule has 1 N–H and O–H groups in total. The summed E-state index contributed by atoms with van der Waals surface area (Å²) in [6, 6.07) is 0. The third-order valence-electron chi connectivity index (χ3n) is 10.2. The van der Waals surface area contributed by atoms with E-state index in [9.17, 15) is 5.11 Å². The van der Waals surface area contributed by atoms with Crippen molar-refractivity contribution in [2.24, 2.45) is 34.5 Å². The molecule has 3 heteroatoms. The van der Waals surface area contributed by atoms with Crippen molar-refractivity contribution in [3.63, 3.8) is 0 Å². The molecule has 8 atom stereocenters. The van der Waals surface area contributed by atoms with Gasteiger partial charge in [-0.05, 0) is 120 Å². The van der Waals surface area contributed by atoms with Gasteiger partial charge in [-0.2, -0.15) is 0 Å². The molecule has 0 heterocycles. The molecule has 3 fully saturated rings. The molecule has 0 unspecified atom stereocenters. The Morgan fingerprint density at radius 3 is 2.33 bits per heavy atom. The molecule has 0 radical (unpaired) electrons. The van der Waals surface area contributed by atoms with E-state index < -0.39 is 9.04 Å². The molecule has 30 heavy (non-hydrogen) atoms. The van der Waals surface area contributed by atoms with Crippen molar-refractivity contribution in [3.8, 4) is 0 Å². The average molecular weight is 432 g/mol. The first-order chi connectivity index (χ1) is 14.1. The molecule has 4 rings (SSSR count). The number of fused-ring (bicyclic) bond motifs is 5.